The molecule has 0 aromatic heterocycles. The molecule has 30 heavy (non-hydrogen) atoms. The standard InChI is InChI=1S/C22H34N2O6/c1-20(2,3)28-17(25)16(24-19(27)30-22(7,8)9)14-10-12-15(13-11-14)23-18(26)29-21(4,5)6/h10-13,16H,1-9H3,(H,23,26)(H,24,27)/t16-/m0/s1. The second-order valence-electron chi connectivity index (χ2n) is 9.86. The average molecular weight is 423 g/mol. The molecule has 1 atom stereocenters. The van der Waals surface area contributed by atoms with E-state index < -0.39 is 41.0 Å². The van der Waals surface area contributed by atoms with E-state index in [1.165, 1.54) is 0 Å². The first-order valence-corrected chi connectivity index (χ1v) is 9.77. The lowest BCUT2D eigenvalue weighted by Gasteiger charge is -2.26. The molecule has 8 heteroatoms. The summed E-state index contributed by atoms with van der Waals surface area (Å²) in [5, 5.41) is 5.17. The van der Waals surface area contributed by atoms with Gasteiger partial charge in [-0.2, -0.15) is 0 Å². The van der Waals surface area contributed by atoms with Crippen LogP contribution in [0.4, 0.5) is 15.3 Å². The van der Waals surface area contributed by atoms with Crippen molar-refractivity contribution in [3.8, 4) is 0 Å². The van der Waals surface area contributed by atoms with Crippen LogP contribution < -0.4 is 10.6 Å². The molecule has 0 saturated heterocycles. The summed E-state index contributed by atoms with van der Waals surface area (Å²) < 4.78 is 15.9. The Labute approximate surface area is 178 Å². The van der Waals surface area contributed by atoms with Gasteiger partial charge in [-0.15, -0.1) is 0 Å². The number of ether oxygens (including phenoxy) is 3. The molecule has 1 aromatic carbocycles. The molecule has 0 radical (unpaired) electrons. The highest BCUT2D eigenvalue weighted by Gasteiger charge is 2.30. The van der Waals surface area contributed by atoms with E-state index >= 15 is 0 Å². The quantitative estimate of drug-likeness (QED) is 0.526. The summed E-state index contributed by atoms with van der Waals surface area (Å²) >= 11 is 0. The molecule has 0 aliphatic heterocycles. The highest BCUT2D eigenvalue weighted by atomic mass is 16.6. The van der Waals surface area contributed by atoms with E-state index in [0.29, 0.717) is 11.3 Å². The molecule has 0 bridgehead atoms. The van der Waals surface area contributed by atoms with Crippen LogP contribution in [0.15, 0.2) is 24.3 Å². The Hall–Kier alpha value is -2.77. The lowest BCUT2D eigenvalue weighted by molar-refractivity contribution is -0.157. The zero-order valence-electron chi connectivity index (χ0n) is 19.3. The fourth-order valence-electron chi connectivity index (χ4n) is 2.24. The van der Waals surface area contributed by atoms with Gasteiger partial charge in [0.05, 0.1) is 0 Å². The summed E-state index contributed by atoms with van der Waals surface area (Å²) in [5.74, 6) is -0.624. The number of carbonyl (C=O) groups excluding carboxylic acids is 3. The van der Waals surface area contributed by atoms with Crippen molar-refractivity contribution in [3.05, 3.63) is 29.8 Å². The van der Waals surface area contributed by atoms with Gasteiger partial charge in [-0.3, -0.25) is 5.32 Å². The first-order chi connectivity index (χ1) is 13.5. The molecular weight excluding hydrogens is 388 g/mol. The molecule has 168 valence electrons. The van der Waals surface area contributed by atoms with Crippen LogP contribution in [0.1, 0.15) is 73.9 Å². The highest BCUT2D eigenvalue weighted by molar-refractivity contribution is 5.86. The van der Waals surface area contributed by atoms with Crippen LogP contribution in [0.5, 0.6) is 0 Å². The monoisotopic (exact) mass is 422 g/mol. The second-order valence-corrected chi connectivity index (χ2v) is 9.86. The Bertz CT molecular complexity index is 752. The molecule has 2 N–H and O–H groups in total. The number of benzene rings is 1. The van der Waals surface area contributed by atoms with Crippen molar-refractivity contribution in [2.75, 3.05) is 5.32 Å². The van der Waals surface area contributed by atoms with Gasteiger partial charge in [0.2, 0.25) is 0 Å². The van der Waals surface area contributed by atoms with Crippen LogP contribution in [0, 0.1) is 0 Å². The third kappa shape index (κ3) is 10.1. The number of hydrogen-bond donors (Lipinski definition) is 2. The molecule has 0 aliphatic carbocycles. The van der Waals surface area contributed by atoms with E-state index in [1.54, 1.807) is 86.6 Å². The van der Waals surface area contributed by atoms with Gasteiger partial charge in [-0.05, 0) is 80.0 Å². The normalized spacial score (nSPS) is 13.1. The molecule has 0 aliphatic rings. The molecule has 0 spiro atoms. The van der Waals surface area contributed by atoms with E-state index in [9.17, 15) is 14.4 Å². The van der Waals surface area contributed by atoms with Gasteiger partial charge >= 0.3 is 18.2 Å². The number of alkyl carbamates (subject to hydrolysis) is 1. The fraction of sp³-hybridized carbons (Fsp3) is 0.591. The second kappa shape index (κ2) is 9.36. The smallest absolute Gasteiger partial charge is 0.412 e. The first-order valence-electron chi connectivity index (χ1n) is 9.77. The molecule has 0 heterocycles. The van der Waals surface area contributed by atoms with Crippen molar-refractivity contribution >= 4 is 23.8 Å². The van der Waals surface area contributed by atoms with Gasteiger partial charge in [0.25, 0.3) is 0 Å². The Balaban J connectivity index is 3.02. The topological polar surface area (TPSA) is 103 Å². The van der Waals surface area contributed by atoms with Crippen molar-refractivity contribution in [2.24, 2.45) is 0 Å². The van der Waals surface area contributed by atoms with E-state index in [0.717, 1.165) is 0 Å². The van der Waals surface area contributed by atoms with Crippen molar-refractivity contribution in [3.63, 3.8) is 0 Å². The van der Waals surface area contributed by atoms with Crippen LogP contribution in [0.2, 0.25) is 0 Å². The lowest BCUT2D eigenvalue weighted by atomic mass is 10.1. The number of rotatable bonds is 4. The maximum atomic E-state index is 12.7. The van der Waals surface area contributed by atoms with E-state index in [2.05, 4.69) is 10.6 Å². The molecular formula is C22H34N2O6. The van der Waals surface area contributed by atoms with Crippen LogP contribution in [0.25, 0.3) is 0 Å². The maximum absolute atomic E-state index is 12.7. The Morgan fingerprint density at radius 2 is 1.13 bits per heavy atom. The number of anilines is 1. The van der Waals surface area contributed by atoms with Crippen LogP contribution in [-0.2, 0) is 19.0 Å². The number of amides is 2. The molecule has 0 fully saturated rings. The predicted molar refractivity (Wildman–Crippen MR) is 114 cm³/mol. The van der Waals surface area contributed by atoms with Gasteiger partial charge in [-0.25, -0.2) is 14.4 Å². The molecule has 1 rings (SSSR count). The van der Waals surface area contributed by atoms with Crippen LogP contribution in [0.3, 0.4) is 0 Å². The lowest BCUT2D eigenvalue weighted by Crippen LogP contribution is -2.40. The molecule has 1 aromatic rings. The molecule has 2 amide bonds. The maximum Gasteiger partial charge on any atom is 0.412 e. The number of carbonyl (C=O) groups is 3. The Morgan fingerprint density at radius 3 is 1.57 bits per heavy atom. The minimum Gasteiger partial charge on any atom is -0.458 e. The van der Waals surface area contributed by atoms with Gasteiger partial charge in [0, 0.05) is 5.69 Å². The number of nitrogens with one attached hydrogen (secondary N) is 2. The van der Waals surface area contributed by atoms with E-state index in [1.807, 2.05) is 0 Å². The average Bonchev–Trinajstić information content (AvgIpc) is 2.48. The third-order valence-electron chi connectivity index (χ3n) is 3.19. The van der Waals surface area contributed by atoms with Crippen molar-refractivity contribution in [1.82, 2.24) is 5.32 Å². The zero-order chi connectivity index (χ0) is 23.3. The summed E-state index contributed by atoms with van der Waals surface area (Å²) in [6.45, 7) is 15.7. The van der Waals surface area contributed by atoms with Gasteiger partial charge in [-0.1, -0.05) is 12.1 Å². The minimum atomic E-state index is -1.07. The molecule has 0 saturated carbocycles. The predicted octanol–water partition coefficient (Wildman–Crippen LogP) is 4.94. The summed E-state index contributed by atoms with van der Waals surface area (Å²) in [4.78, 5) is 36.8. The van der Waals surface area contributed by atoms with E-state index in [-0.39, 0.29) is 0 Å². The van der Waals surface area contributed by atoms with Crippen molar-refractivity contribution < 1.29 is 28.6 Å². The summed E-state index contributed by atoms with van der Waals surface area (Å²) in [6, 6.07) is 5.35. The van der Waals surface area contributed by atoms with Crippen LogP contribution in [-0.4, -0.2) is 35.0 Å². The largest absolute Gasteiger partial charge is 0.458 e. The minimum absolute atomic E-state index is 0.477. The fourth-order valence-corrected chi connectivity index (χ4v) is 2.24. The Morgan fingerprint density at radius 1 is 0.700 bits per heavy atom. The van der Waals surface area contributed by atoms with Crippen molar-refractivity contribution in [2.45, 2.75) is 85.2 Å². The molecule has 0 unspecified atom stereocenters. The van der Waals surface area contributed by atoms with E-state index in [4.69, 9.17) is 14.2 Å². The summed E-state index contributed by atoms with van der Waals surface area (Å²) in [6.07, 6.45) is -1.33. The SMILES string of the molecule is CC(C)(C)OC(=O)Nc1ccc([C@H](NC(=O)OC(C)(C)C)C(=O)OC(C)(C)C)cc1. The summed E-state index contributed by atoms with van der Waals surface area (Å²) in [5.41, 5.74) is -1.12. The zero-order valence-corrected chi connectivity index (χ0v) is 19.3. The van der Waals surface area contributed by atoms with Gasteiger partial charge in [0.15, 0.2) is 6.04 Å². The summed E-state index contributed by atoms with van der Waals surface area (Å²) in [7, 11) is 0. The molecule has 8 nitrogen and oxygen atoms in total. The number of esters is 1. The van der Waals surface area contributed by atoms with Crippen LogP contribution >= 0.6 is 0 Å². The Kier molecular flexibility index (Phi) is 7.89. The third-order valence-corrected chi connectivity index (χ3v) is 3.19. The number of hydrogen-bond acceptors (Lipinski definition) is 6. The van der Waals surface area contributed by atoms with Crippen molar-refractivity contribution in [1.29, 1.82) is 0 Å². The van der Waals surface area contributed by atoms with Gasteiger partial charge < -0.3 is 19.5 Å². The first kappa shape index (κ1) is 25.3. The highest BCUT2D eigenvalue weighted by Crippen LogP contribution is 2.22. The van der Waals surface area contributed by atoms with Gasteiger partial charge in [0.1, 0.15) is 16.8 Å².